The molecule has 1 aromatic heterocycles. The van der Waals surface area contributed by atoms with Crippen LogP contribution in [0.2, 0.25) is 0 Å². The minimum absolute atomic E-state index is 0.0455. The molecule has 0 fully saturated rings. The molecular weight excluding hydrogens is 310 g/mol. The van der Waals surface area contributed by atoms with Crippen LogP contribution in [0.3, 0.4) is 0 Å². The molecule has 6 heteroatoms. The predicted octanol–water partition coefficient (Wildman–Crippen LogP) is 3.28. The molecule has 1 unspecified atom stereocenters. The third kappa shape index (κ3) is 5.90. The Kier molecular flexibility index (Phi) is 5.98. The van der Waals surface area contributed by atoms with Gasteiger partial charge in [-0.1, -0.05) is 37.3 Å². The van der Waals surface area contributed by atoms with Crippen molar-refractivity contribution >= 4 is 21.5 Å². The van der Waals surface area contributed by atoms with E-state index in [0.29, 0.717) is 18.2 Å². The highest BCUT2D eigenvalue weighted by molar-refractivity contribution is 7.92. The maximum atomic E-state index is 12.1. The topological polar surface area (TPSA) is 71.1 Å². The number of aryl methyl sites for hydroxylation is 1. The zero-order valence-corrected chi connectivity index (χ0v) is 14.3. The second-order valence-corrected chi connectivity index (χ2v) is 7.38. The maximum Gasteiger partial charge on any atom is 0.233 e. The zero-order chi connectivity index (χ0) is 16.7. The van der Waals surface area contributed by atoms with Gasteiger partial charge in [-0.25, -0.2) is 13.4 Å². The Hall–Kier alpha value is -2.08. The van der Waals surface area contributed by atoms with Crippen molar-refractivity contribution in [2.24, 2.45) is 0 Å². The average molecular weight is 333 g/mol. The third-order valence-corrected chi connectivity index (χ3v) is 4.83. The maximum absolute atomic E-state index is 12.1. The Morgan fingerprint density at radius 2 is 1.87 bits per heavy atom. The molecule has 23 heavy (non-hydrogen) atoms. The average Bonchev–Trinajstić information content (AvgIpc) is 2.55. The first kappa shape index (κ1) is 17.3. The first-order valence-corrected chi connectivity index (χ1v) is 9.41. The van der Waals surface area contributed by atoms with Crippen LogP contribution in [0.5, 0.6) is 0 Å². The predicted molar refractivity (Wildman–Crippen MR) is 95.2 cm³/mol. The van der Waals surface area contributed by atoms with Crippen LogP contribution in [0.15, 0.2) is 48.7 Å². The Morgan fingerprint density at radius 3 is 2.48 bits per heavy atom. The summed E-state index contributed by atoms with van der Waals surface area (Å²) in [5.41, 5.74) is 1.48. The lowest BCUT2D eigenvalue weighted by atomic mass is 10.2. The molecule has 2 N–H and O–H groups in total. The number of pyridine rings is 1. The third-order valence-electron chi connectivity index (χ3n) is 3.55. The minimum Gasteiger partial charge on any atom is -0.368 e. The Labute approximate surface area is 138 Å². The fraction of sp³-hybridized carbons (Fsp3) is 0.353. The molecule has 0 aliphatic carbocycles. The number of nitrogens with one attached hydrogen (secondary N) is 2. The van der Waals surface area contributed by atoms with Crippen molar-refractivity contribution in [1.29, 1.82) is 0 Å². The summed E-state index contributed by atoms with van der Waals surface area (Å²) in [5, 5.41) is 3.24. The summed E-state index contributed by atoms with van der Waals surface area (Å²) in [7, 11) is -3.38. The number of hydrogen-bond donors (Lipinski definition) is 2. The van der Waals surface area contributed by atoms with Gasteiger partial charge in [-0.3, -0.25) is 4.72 Å². The minimum atomic E-state index is -3.38. The van der Waals surface area contributed by atoms with Gasteiger partial charge in [-0.15, -0.1) is 0 Å². The monoisotopic (exact) mass is 333 g/mol. The fourth-order valence-electron chi connectivity index (χ4n) is 2.02. The van der Waals surface area contributed by atoms with Gasteiger partial charge < -0.3 is 5.32 Å². The SMILES string of the molecule is CCC(C)Nc1ccc(NS(=O)(=O)CCc2ccccc2)cn1. The Balaban J connectivity index is 1.92. The standard InChI is InChI=1S/C17H23N3O2S/c1-3-14(2)19-17-10-9-16(13-18-17)20-23(21,22)12-11-15-7-5-4-6-8-15/h4-10,13-14,20H,3,11-12H2,1-2H3,(H,18,19). The second-order valence-electron chi connectivity index (χ2n) is 5.54. The number of anilines is 2. The largest absolute Gasteiger partial charge is 0.368 e. The molecule has 0 amide bonds. The molecule has 0 aliphatic heterocycles. The summed E-state index contributed by atoms with van der Waals surface area (Å²) >= 11 is 0. The van der Waals surface area contributed by atoms with Crippen molar-refractivity contribution in [2.45, 2.75) is 32.7 Å². The van der Waals surface area contributed by atoms with Gasteiger partial charge in [0.2, 0.25) is 10.0 Å². The molecule has 0 bridgehead atoms. The van der Waals surface area contributed by atoms with Crippen LogP contribution in [0, 0.1) is 0 Å². The molecule has 1 aromatic carbocycles. The smallest absolute Gasteiger partial charge is 0.233 e. The molecule has 0 saturated heterocycles. The Morgan fingerprint density at radius 1 is 1.13 bits per heavy atom. The van der Waals surface area contributed by atoms with Gasteiger partial charge in [-0.05, 0) is 37.5 Å². The molecular formula is C17H23N3O2S. The molecule has 2 aromatic rings. The fourth-order valence-corrected chi connectivity index (χ4v) is 3.11. The summed E-state index contributed by atoms with van der Waals surface area (Å²) in [6, 6.07) is 13.4. The molecule has 2 rings (SSSR count). The van der Waals surface area contributed by atoms with Crippen molar-refractivity contribution in [2.75, 3.05) is 15.8 Å². The lowest BCUT2D eigenvalue weighted by molar-refractivity contribution is 0.600. The first-order valence-electron chi connectivity index (χ1n) is 7.75. The lowest BCUT2D eigenvalue weighted by Gasteiger charge is -2.13. The van der Waals surface area contributed by atoms with E-state index in [9.17, 15) is 8.42 Å². The molecule has 1 heterocycles. The van der Waals surface area contributed by atoms with Crippen LogP contribution in [0.1, 0.15) is 25.8 Å². The van der Waals surface area contributed by atoms with Crippen LogP contribution in [0.4, 0.5) is 11.5 Å². The normalized spacial score (nSPS) is 12.6. The van der Waals surface area contributed by atoms with E-state index in [1.165, 1.54) is 6.20 Å². The number of hydrogen-bond acceptors (Lipinski definition) is 4. The summed E-state index contributed by atoms with van der Waals surface area (Å²) < 4.78 is 26.8. The van der Waals surface area contributed by atoms with Gasteiger partial charge in [0.05, 0.1) is 17.6 Å². The van der Waals surface area contributed by atoms with Crippen LogP contribution in [-0.4, -0.2) is 25.2 Å². The van der Waals surface area contributed by atoms with Gasteiger partial charge in [0.15, 0.2) is 0 Å². The van der Waals surface area contributed by atoms with Crippen molar-refractivity contribution in [3.8, 4) is 0 Å². The van der Waals surface area contributed by atoms with Crippen molar-refractivity contribution in [3.63, 3.8) is 0 Å². The van der Waals surface area contributed by atoms with Crippen molar-refractivity contribution in [1.82, 2.24) is 4.98 Å². The van der Waals surface area contributed by atoms with E-state index in [2.05, 4.69) is 28.9 Å². The van der Waals surface area contributed by atoms with E-state index in [-0.39, 0.29) is 5.75 Å². The van der Waals surface area contributed by atoms with Gasteiger partial charge >= 0.3 is 0 Å². The number of benzene rings is 1. The number of rotatable bonds is 8. The highest BCUT2D eigenvalue weighted by Gasteiger charge is 2.11. The van der Waals surface area contributed by atoms with Crippen LogP contribution in [0.25, 0.3) is 0 Å². The molecule has 0 radical (unpaired) electrons. The molecule has 0 spiro atoms. The molecule has 1 atom stereocenters. The summed E-state index contributed by atoms with van der Waals surface area (Å²) in [6.45, 7) is 4.16. The molecule has 5 nitrogen and oxygen atoms in total. The van der Waals surface area contributed by atoms with Gasteiger partial charge in [-0.2, -0.15) is 0 Å². The van der Waals surface area contributed by atoms with E-state index in [1.807, 2.05) is 30.3 Å². The number of nitrogens with zero attached hydrogens (tertiary/aromatic N) is 1. The number of sulfonamides is 1. The molecule has 0 aliphatic rings. The molecule has 0 saturated carbocycles. The van der Waals surface area contributed by atoms with E-state index in [1.54, 1.807) is 12.1 Å². The summed E-state index contributed by atoms with van der Waals surface area (Å²) in [6.07, 6.45) is 3.01. The highest BCUT2D eigenvalue weighted by atomic mass is 32.2. The second kappa shape index (κ2) is 7.97. The van der Waals surface area contributed by atoms with E-state index < -0.39 is 10.0 Å². The quantitative estimate of drug-likeness (QED) is 0.778. The van der Waals surface area contributed by atoms with Crippen LogP contribution >= 0.6 is 0 Å². The van der Waals surface area contributed by atoms with Crippen LogP contribution in [-0.2, 0) is 16.4 Å². The summed E-state index contributed by atoms with van der Waals surface area (Å²) in [4.78, 5) is 4.23. The first-order chi connectivity index (χ1) is 11.0. The molecule has 124 valence electrons. The van der Waals surface area contributed by atoms with Crippen LogP contribution < -0.4 is 10.0 Å². The van der Waals surface area contributed by atoms with E-state index >= 15 is 0 Å². The number of aromatic nitrogens is 1. The van der Waals surface area contributed by atoms with Gasteiger partial charge in [0, 0.05) is 6.04 Å². The lowest BCUT2D eigenvalue weighted by Crippen LogP contribution is -2.18. The zero-order valence-electron chi connectivity index (χ0n) is 13.5. The van der Waals surface area contributed by atoms with E-state index in [0.717, 1.165) is 17.8 Å². The van der Waals surface area contributed by atoms with Crippen molar-refractivity contribution in [3.05, 3.63) is 54.2 Å². The van der Waals surface area contributed by atoms with E-state index in [4.69, 9.17) is 0 Å². The van der Waals surface area contributed by atoms with Gasteiger partial charge in [0.25, 0.3) is 0 Å². The van der Waals surface area contributed by atoms with Crippen molar-refractivity contribution < 1.29 is 8.42 Å². The highest BCUT2D eigenvalue weighted by Crippen LogP contribution is 2.13. The summed E-state index contributed by atoms with van der Waals surface area (Å²) in [5.74, 6) is 0.788. The Bertz CT molecular complexity index is 700. The van der Waals surface area contributed by atoms with Gasteiger partial charge in [0.1, 0.15) is 5.82 Å².